The lowest BCUT2D eigenvalue weighted by Gasteiger charge is -2.51. The number of amides is 1. The van der Waals surface area contributed by atoms with Crippen LogP contribution in [-0.2, 0) is 24.5 Å². The van der Waals surface area contributed by atoms with Crippen LogP contribution in [0.15, 0.2) is 42.1 Å². The minimum Gasteiger partial charge on any atom is -0.457 e. The molecule has 12 heteroatoms. The second-order valence-electron chi connectivity index (χ2n) is 21.1. The van der Waals surface area contributed by atoms with Gasteiger partial charge in [-0.3, -0.25) is 4.90 Å². The molecule has 0 aromatic heterocycles. The van der Waals surface area contributed by atoms with Crippen LogP contribution in [0.5, 0.6) is 0 Å². The van der Waals surface area contributed by atoms with Crippen molar-refractivity contribution >= 4 is 28.7 Å². The number of carbonyl (C=O) groups excluding carboxylic acids is 2. The molecule has 1 aliphatic rings. The largest absolute Gasteiger partial charge is 0.457 e. The number of rotatable bonds is 23. The van der Waals surface area contributed by atoms with Crippen molar-refractivity contribution in [3.63, 3.8) is 0 Å². The second-order valence-corrected chi connectivity index (χ2v) is 31.9. The molecule has 0 N–H and O–H groups in total. The monoisotopic (exact) mass is 924 g/mol. The van der Waals surface area contributed by atoms with Crippen LogP contribution in [0.4, 0.5) is 18.0 Å². The molecule has 1 saturated heterocycles. The number of ether oxygens (including phenoxy) is 2. The molecule has 1 aromatic rings. The fraction of sp³-hybridized carbons (Fsp3) is 0.784. The van der Waals surface area contributed by atoms with Crippen LogP contribution in [0.3, 0.4) is 0 Å². The first kappa shape index (κ1) is 56.8. The average Bonchev–Trinajstić information content (AvgIpc) is 3.16. The third-order valence-electron chi connectivity index (χ3n) is 13.5. The summed E-state index contributed by atoms with van der Waals surface area (Å²) in [6.45, 7) is 36.8. The van der Waals surface area contributed by atoms with Gasteiger partial charge in [0.25, 0.3) is 0 Å². The van der Waals surface area contributed by atoms with Gasteiger partial charge in [0.1, 0.15) is 11.7 Å². The maximum atomic E-state index is 14.4. The molecule has 1 aromatic carbocycles. The van der Waals surface area contributed by atoms with Crippen LogP contribution in [0, 0.1) is 0 Å². The fourth-order valence-electron chi connectivity index (χ4n) is 10.7. The molecule has 5 atom stereocenters. The van der Waals surface area contributed by atoms with Crippen molar-refractivity contribution in [2.45, 2.75) is 257 Å². The minimum atomic E-state index is -4.63. The predicted octanol–water partition coefficient (Wildman–Crippen LogP) is 16.0. The fourth-order valence-corrected chi connectivity index (χ4v) is 21.8. The van der Waals surface area contributed by atoms with E-state index in [4.69, 9.17) is 18.3 Å². The van der Waals surface area contributed by atoms with E-state index in [1.54, 1.807) is 4.90 Å². The summed E-state index contributed by atoms with van der Waals surface area (Å²) in [5, 5.41) is 0. The predicted molar refractivity (Wildman–Crippen MR) is 258 cm³/mol. The summed E-state index contributed by atoms with van der Waals surface area (Å²) in [7, 11) is -4.57. The van der Waals surface area contributed by atoms with E-state index in [1.165, 1.54) is 31.4 Å². The average molecular weight is 924 g/mol. The topological polar surface area (TPSA) is 74.3 Å². The lowest BCUT2D eigenvalue weighted by Crippen LogP contribution is -2.63. The lowest BCUT2D eigenvalue weighted by atomic mass is 9.89. The molecule has 2 rings (SSSR count). The Kier molecular flexibility index (Phi) is 22.5. The summed E-state index contributed by atoms with van der Waals surface area (Å²) >= 11 is 0. The number of likely N-dealkylation sites (tertiary alicyclic amines) is 1. The van der Waals surface area contributed by atoms with Crippen molar-refractivity contribution in [1.82, 2.24) is 4.90 Å². The highest BCUT2D eigenvalue weighted by molar-refractivity contribution is 6.78. The van der Waals surface area contributed by atoms with Gasteiger partial charge in [0.2, 0.25) is 16.6 Å². The minimum absolute atomic E-state index is 0.0896. The van der Waals surface area contributed by atoms with Gasteiger partial charge in [-0.25, -0.2) is 9.59 Å². The van der Waals surface area contributed by atoms with E-state index < -0.39 is 64.2 Å². The summed E-state index contributed by atoms with van der Waals surface area (Å²) in [4.78, 5) is 30.0. The van der Waals surface area contributed by atoms with Crippen LogP contribution in [0.25, 0.3) is 0 Å². The number of hydrogen-bond donors (Lipinski definition) is 0. The third kappa shape index (κ3) is 15.6. The molecular weight excluding hydrogens is 836 g/mol. The molecule has 0 aliphatic carbocycles. The second kappa shape index (κ2) is 25.0. The van der Waals surface area contributed by atoms with E-state index in [0.29, 0.717) is 58.9 Å². The quantitative estimate of drug-likeness (QED) is 0.0471. The third-order valence-corrected chi connectivity index (χ3v) is 25.8. The highest BCUT2D eigenvalue weighted by atomic mass is 28.4. The summed E-state index contributed by atoms with van der Waals surface area (Å²) < 4.78 is 68.2. The van der Waals surface area contributed by atoms with Gasteiger partial charge in [0.05, 0.1) is 35.4 Å². The standard InChI is InChI=1S/C51H88F3NO6Si2/c1-18-19-20-21-23-29-44(60-62(35(2)3,36(4)5)37(6)7)30-24-22-25-31-47(58-48(56)42-27-26-28-43(34-42)51(52,53)54)45-32-33-46(41(14)55(45)49(57)59-50(15,16)17)61-63(38(8)9,39(10)11)40(12)13/h22,26-28,30,34-41,44-47H,18-21,23,25,29,31-33H2,1-17H3/t24?,41-,44-,45+,46+,47-/m0/s1. The zero-order chi connectivity index (χ0) is 48.1. The first-order chi connectivity index (χ1) is 29.2. The Labute approximate surface area is 384 Å². The van der Waals surface area contributed by atoms with E-state index in [1.807, 2.05) is 33.8 Å². The van der Waals surface area contributed by atoms with Gasteiger partial charge in [0, 0.05) is 0 Å². The van der Waals surface area contributed by atoms with Crippen molar-refractivity contribution < 1.29 is 41.1 Å². The molecule has 0 unspecified atom stereocenters. The van der Waals surface area contributed by atoms with Gasteiger partial charge in [-0.2, -0.15) is 13.2 Å². The molecule has 0 radical (unpaired) electrons. The zero-order valence-corrected chi connectivity index (χ0v) is 44.4. The van der Waals surface area contributed by atoms with Crippen LogP contribution < -0.4 is 0 Å². The maximum absolute atomic E-state index is 14.4. The van der Waals surface area contributed by atoms with E-state index in [9.17, 15) is 22.8 Å². The van der Waals surface area contributed by atoms with Gasteiger partial charge < -0.3 is 18.3 Å². The Hall–Kier alpha value is -2.38. The van der Waals surface area contributed by atoms with Crippen molar-refractivity contribution in [3.8, 4) is 0 Å². The van der Waals surface area contributed by atoms with E-state index in [-0.39, 0.29) is 17.8 Å². The summed E-state index contributed by atoms with van der Waals surface area (Å²) in [5.41, 5.74) is 3.76. The Balaban J connectivity index is 2.66. The summed E-state index contributed by atoms with van der Waals surface area (Å²) in [6, 6.07) is 3.25. The van der Waals surface area contributed by atoms with E-state index in [0.717, 1.165) is 31.4 Å². The maximum Gasteiger partial charge on any atom is 0.416 e. The number of nitrogens with zero attached hydrogens (tertiary/aromatic N) is 1. The van der Waals surface area contributed by atoms with Gasteiger partial charge in [-0.15, -0.1) is 5.73 Å². The highest BCUT2D eigenvalue weighted by Gasteiger charge is 2.51. The lowest BCUT2D eigenvalue weighted by molar-refractivity contribution is -0.137. The van der Waals surface area contributed by atoms with Crippen molar-refractivity contribution in [2.24, 2.45) is 0 Å². The van der Waals surface area contributed by atoms with Crippen molar-refractivity contribution in [3.05, 3.63) is 53.3 Å². The molecule has 63 heavy (non-hydrogen) atoms. The molecule has 0 bridgehead atoms. The van der Waals surface area contributed by atoms with Crippen LogP contribution in [0.1, 0.15) is 198 Å². The molecule has 1 aliphatic heterocycles. The number of alkyl halides is 3. The van der Waals surface area contributed by atoms with Crippen LogP contribution in [-0.4, -0.2) is 69.6 Å². The molecule has 0 spiro atoms. The molecule has 362 valence electrons. The molecule has 0 saturated carbocycles. The number of hydrogen-bond acceptors (Lipinski definition) is 6. The number of piperidine rings is 1. The number of halogens is 3. The first-order valence-corrected chi connectivity index (χ1v) is 28.6. The number of unbranched alkanes of at least 4 members (excludes halogenated alkanes) is 4. The normalized spacial score (nSPS) is 19.0. The summed E-state index contributed by atoms with van der Waals surface area (Å²) in [6.07, 6.45) is 6.13. The van der Waals surface area contributed by atoms with Crippen LogP contribution >= 0.6 is 0 Å². The van der Waals surface area contributed by atoms with Gasteiger partial charge in [-0.1, -0.05) is 128 Å². The highest BCUT2D eigenvalue weighted by Crippen LogP contribution is 2.46. The first-order valence-electron chi connectivity index (χ1n) is 24.3. The Bertz CT molecular complexity index is 1570. The zero-order valence-electron chi connectivity index (χ0n) is 42.4. The summed E-state index contributed by atoms with van der Waals surface area (Å²) in [5.74, 6) is -0.875. The molecule has 1 fully saturated rings. The number of benzene rings is 1. The van der Waals surface area contributed by atoms with Crippen molar-refractivity contribution in [2.75, 3.05) is 0 Å². The number of esters is 1. The van der Waals surface area contributed by atoms with Gasteiger partial charge in [0.15, 0.2) is 0 Å². The molecule has 7 nitrogen and oxygen atoms in total. The Morgan fingerprint density at radius 3 is 1.87 bits per heavy atom. The van der Waals surface area contributed by atoms with E-state index >= 15 is 0 Å². The number of carbonyl (C=O) groups is 2. The molecule has 1 amide bonds. The smallest absolute Gasteiger partial charge is 0.416 e. The van der Waals surface area contributed by atoms with E-state index in [2.05, 4.69) is 102 Å². The van der Waals surface area contributed by atoms with Gasteiger partial charge >= 0.3 is 18.2 Å². The van der Waals surface area contributed by atoms with Crippen LogP contribution in [0.2, 0.25) is 33.2 Å². The Morgan fingerprint density at radius 2 is 1.37 bits per heavy atom. The molecular formula is C51H88F3NO6Si2. The van der Waals surface area contributed by atoms with Crippen molar-refractivity contribution in [1.29, 1.82) is 0 Å². The Morgan fingerprint density at radius 1 is 0.810 bits per heavy atom. The molecule has 1 heterocycles. The van der Waals surface area contributed by atoms with Gasteiger partial charge in [-0.05, 0) is 123 Å². The SMILES string of the molecule is CCCCCCC[C@@H](C=C=CCC[C@H](OC(=O)c1cccc(C(F)(F)F)c1)[C@H]1CC[C@@H](O[Si](C(C)C)(C(C)C)C(C)C)[C@H](C)N1C(=O)OC(C)(C)C)O[Si](C(C)C)(C(C)C)C(C)C.